The van der Waals surface area contributed by atoms with Crippen LogP contribution in [0.1, 0.15) is 26.6 Å². The summed E-state index contributed by atoms with van der Waals surface area (Å²) in [6, 6.07) is 11.9. The molecular weight excluding hydrogens is 264 g/mol. The lowest BCUT2D eigenvalue weighted by Gasteiger charge is -2.17. The van der Waals surface area contributed by atoms with E-state index in [9.17, 15) is 0 Å². The summed E-state index contributed by atoms with van der Waals surface area (Å²) in [5, 5.41) is 1.37. The molecule has 0 aliphatic rings. The molecule has 0 aliphatic heterocycles. The average Bonchev–Trinajstić information content (AvgIpc) is 2.28. The zero-order valence-corrected chi connectivity index (χ0v) is 12.2. The number of benzene rings is 1. The van der Waals surface area contributed by atoms with E-state index in [4.69, 9.17) is 11.6 Å². The molecule has 2 nitrogen and oxygen atoms in total. The minimum atomic E-state index is -0.100. The van der Waals surface area contributed by atoms with Crippen molar-refractivity contribution in [2.24, 2.45) is 0 Å². The molecule has 2 aromatic rings. The summed E-state index contributed by atoms with van der Waals surface area (Å²) in [5.74, 6) is 0.772. The Hall–Kier alpha value is -1.06. The van der Waals surface area contributed by atoms with Crippen molar-refractivity contribution in [3.05, 3.63) is 47.4 Å². The van der Waals surface area contributed by atoms with Gasteiger partial charge < -0.3 is 0 Å². The molecule has 2 rings (SSSR count). The molecule has 94 valence electrons. The molecule has 0 aliphatic carbocycles. The van der Waals surface area contributed by atoms with Gasteiger partial charge in [0.15, 0.2) is 0 Å². The van der Waals surface area contributed by atoms with Gasteiger partial charge in [0.05, 0.1) is 0 Å². The summed E-state index contributed by atoms with van der Waals surface area (Å²) in [6.45, 7) is 6.24. The van der Waals surface area contributed by atoms with Crippen LogP contribution in [-0.2, 0) is 5.41 Å². The van der Waals surface area contributed by atoms with Crippen molar-refractivity contribution in [2.75, 3.05) is 0 Å². The zero-order chi connectivity index (χ0) is 13.2. The van der Waals surface area contributed by atoms with Gasteiger partial charge in [-0.25, -0.2) is 9.97 Å². The molecular formula is C14H15ClN2S. The van der Waals surface area contributed by atoms with Crippen LogP contribution in [0.15, 0.2) is 46.3 Å². The third-order valence-corrected chi connectivity index (χ3v) is 3.43. The number of hydrogen-bond donors (Lipinski definition) is 0. The monoisotopic (exact) mass is 278 g/mol. The molecule has 0 unspecified atom stereocenters. The van der Waals surface area contributed by atoms with Crippen LogP contribution in [0, 0.1) is 0 Å². The van der Waals surface area contributed by atoms with Gasteiger partial charge >= 0.3 is 0 Å². The number of aromatic nitrogens is 2. The second-order valence-corrected chi connectivity index (χ2v) is 6.50. The normalized spacial score (nSPS) is 11.6. The van der Waals surface area contributed by atoms with Gasteiger partial charge in [0.2, 0.25) is 0 Å². The molecule has 0 N–H and O–H groups in total. The van der Waals surface area contributed by atoms with E-state index in [0.29, 0.717) is 5.15 Å². The maximum Gasteiger partial charge on any atom is 0.136 e. The highest BCUT2D eigenvalue weighted by molar-refractivity contribution is 7.99. The first kappa shape index (κ1) is 13.4. The van der Waals surface area contributed by atoms with Crippen molar-refractivity contribution < 1.29 is 0 Å². The van der Waals surface area contributed by atoms with Crippen molar-refractivity contribution in [3.8, 4) is 0 Å². The van der Waals surface area contributed by atoms with E-state index >= 15 is 0 Å². The summed E-state index contributed by atoms with van der Waals surface area (Å²) in [7, 11) is 0. The first-order valence-corrected chi connectivity index (χ1v) is 6.92. The maximum absolute atomic E-state index is 6.06. The molecule has 1 heterocycles. The highest BCUT2D eigenvalue weighted by Gasteiger charge is 2.19. The Bertz CT molecular complexity index is 535. The van der Waals surface area contributed by atoms with E-state index < -0.39 is 0 Å². The lowest BCUT2D eigenvalue weighted by molar-refractivity contribution is 0.538. The van der Waals surface area contributed by atoms with Crippen LogP contribution in [0.4, 0.5) is 0 Å². The molecule has 4 heteroatoms. The van der Waals surface area contributed by atoms with Crippen molar-refractivity contribution in [3.63, 3.8) is 0 Å². The van der Waals surface area contributed by atoms with Gasteiger partial charge in [0, 0.05) is 16.4 Å². The standard InChI is InChI=1S/C14H15ClN2S/c1-14(2,3)13-16-11(15)9-12(17-13)18-10-7-5-4-6-8-10/h4-9H,1-3H3. The Kier molecular flexibility index (Phi) is 3.93. The van der Waals surface area contributed by atoms with Gasteiger partial charge in [0.1, 0.15) is 16.0 Å². The first-order chi connectivity index (χ1) is 8.45. The van der Waals surface area contributed by atoms with Gasteiger partial charge in [-0.1, -0.05) is 62.3 Å². The van der Waals surface area contributed by atoms with Gasteiger partial charge in [-0.3, -0.25) is 0 Å². The first-order valence-electron chi connectivity index (χ1n) is 5.73. The van der Waals surface area contributed by atoms with Gasteiger partial charge in [-0.05, 0) is 12.1 Å². The molecule has 0 amide bonds. The SMILES string of the molecule is CC(C)(C)c1nc(Cl)cc(Sc2ccccc2)n1. The summed E-state index contributed by atoms with van der Waals surface area (Å²) in [6.07, 6.45) is 0. The van der Waals surface area contributed by atoms with Crippen LogP contribution in [0.3, 0.4) is 0 Å². The topological polar surface area (TPSA) is 25.8 Å². The summed E-state index contributed by atoms with van der Waals surface area (Å²) >= 11 is 7.65. The van der Waals surface area contributed by atoms with Crippen LogP contribution in [-0.4, -0.2) is 9.97 Å². The molecule has 0 spiro atoms. The summed E-state index contributed by atoms with van der Waals surface area (Å²) in [4.78, 5) is 10.0. The lowest BCUT2D eigenvalue weighted by atomic mass is 9.96. The van der Waals surface area contributed by atoms with E-state index in [2.05, 4.69) is 42.9 Å². The molecule has 0 saturated carbocycles. The van der Waals surface area contributed by atoms with Crippen LogP contribution in [0.2, 0.25) is 5.15 Å². The quantitative estimate of drug-likeness (QED) is 0.752. The van der Waals surface area contributed by atoms with Crippen LogP contribution in [0.25, 0.3) is 0 Å². The second kappa shape index (κ2) is 5.29. The lowest BCUT2D eigenvalue weighted by Crippen LogP contribution is -2.16. The summed E-state index contributed by atoms with van der Waals surface area (Å²) in [5.41, 5.74) is -0.100. The maximum atomic E-state index is 6.06. The largest absolute Gasteiger partial charge is 0.226 e. The third kappa shape index (κ3) is 3.47. The molecule has 0 fully saturated rings. The van der Waals surface area contributed by atoms with E-state index in [1.807, 2.05) is 18.2 Å². The smallest absolute Gasteiger partial charge is 0.136 e. The fraction of sp³-hybridized carbons (Fsp3) is 0.286. The van der Waals surface area contributed by atoms with Gasteiger partial charge in [0.25, 0.3) is 0 Å². The molecule has 1 aromatic heterocycles. The Balaban J connectivity index is 2.32. The number of halogens is 1. The predicted octanol–water partition coefficient (Wildman–Crippen LogP) is 4.58. The summed E-state index contributed by atoms with van der Waals surface area (Å²) < 4.78 is 0. The van der Waals surface area contributed by atoms with Crippen molar-refractivity contribution >= 4 is 23.4 Å². The van der Waals surface area contributed by atoms with Gasteiger partial charge in [-0.15, -0.1) is 0 Å². The molecule has 1 aromatic carbocycles. The highest BCUT2D eigenvalue weighted by atomic mass is 35.5. The molecule has 0 atom stereocenters. The highest BCUT2D eigenvalue weighted by Crippen LogP contribution is 2.29. The number of nitrogens with zero attached hydrogens (tertiary/aromatic N) is 2. The third-order valence-electron chi connectivity index (χ3n) is 2.31. The van der Waals surface area contributed by atoms with Crippen LogP contribution < -0.4 is 0 Å². The Morgan fingerprint density at radius 1 is 1.06 bits per heavy atom. The van der Waals surface area contributed by atoms with Crippen molar-refractivity contribution in [1.29, 1.82) is 0 Å². The minimum Gasteiger partial charge on any atom is -0.226 e. The predicted molar refractivity (Wildman–Crippen MR) is 76.3 cm³/mol. The number of rotatable bonds is 2. The van der Waals surface area contributed by atoms with Crippen molar-refractivity contribution in [2.45, 2.75) is 36.1 Å². The minimum absolute atomic E-state index is 0.100. The average molecular weight is 279 g/mol. The fourth-order valence-corrected chi connectivity index (χ4v) is 2.48. The van der Waals surface area contributed by atoms with E-state index in [1.165, 1.54) is 0 Å². The zero-order valence-electron chi connectivity index (χ0n) is 10.6. The van der Waals surface area contributed by atoms with E-state index in [1.54, 1.807) is 17.8 Å². The second-order valence-electron chi connectivity index (χ2n) is 5.02. The van der Waals surface area contributed by atoms with Gasteiger partial charge in [-0.2, -0.15) is 0 Å². The molecule has 0 radical (unpaired) electrons. The number of hydrogen-bond acceptors (Lipinski definition) is 3. The molecule has 0 bridgehead atoms. The van der Waals surface area contributed by atoms with Crippen LogP contribution in [0.5, 0.6) is 0 Å². The van der Waals surface area contributed by atoms with Crippen LogP contribution >= 0.6 is 23.4 Å². The van der Waals surface area contributed by atoms with E-state index in [-0.39, 0.29) is 5.41 Å². The van der Waals surface area contributed by atoms with Crippen molar-refractivity contribution in [1.82, 2.24) is 9.97 Å². The fourth-order valence-electron chi connectivity index (χ4n) is 1.39. The Morgan fingerprint density at radius 3 is 2.33 bits per heavy atom. The Labute approximate surface area is 117 Å². The van der Waals surface area contributed by atoms with E-state index in [0.717, 1.165) is 15.7 Å². The Morgan fingerprint density at radius 2 is 1.72 bits per heavy atom. The molecule has 0 saturated heterocycles. The molecule has 18 heavy (non-hydrogen) atoms.